The number of carbonyl (C=O) groups excluding carboxylic acids is 1. The Balaban J connectivity index is 1.35. The van der Waals surface area contributed by atoms with Crippen LogP contribution >= 0.6 is 0 Å². The summed E-state index contributed by atoms with van der Waals surface area (Å²) in [7, 11) is 0. The molecule has 0 atom stereocenters. The maximum absolute atomic E-state index is 12.7. The SMILES string of the molecule is Cc1ccc(Nc2cc(Nc3ccc(NC(=O)Cc4ccc(C(F)(F)F)cc4)cc3)nc(C)n2)cc1. The molecule has 3 aromatic carbocycles. The highest BCUT2D eigenvalue weighted by molar-refractivity contribution is 5.92. The molecule has 1 heterocycles. The predicted octanol–water partition coefficient (Wildman–Crippen LogP) is 6.78. The molecule has 0 unspecified atom stereocenters. The van der Waals surface area contributed by atoms with Crippen molar-refractivity contribution in [3.05, 3.63) is 101 Å². The number of nitrogens with one attached hydrogen (secondary N) is 3. The van der Waals surface area contributed by atoms with Gasteiger partial charge in [0, 0.05) is 23.1 Å². The van der Waals surface area contributed by atoms with Crippen LogP contribution < -0.4 is 16.0 Å². The second-order valence-corrected chi connectivity index (χ2v) is 8.30. The molecule has 0 aliphatic carbocycles. The third kappa shape index (κ3) is 6.82. The Hall–Kier alpha value is -4.40. The third-order valence-electron chi connectivity index (χ3n) is 5.25. The Labute approximate surface area is 206 Å². The lowest BCUT2D eigenvalue weighted by atomic mass is 10.1. The van der Waals surface area contributed by atoms with Crippen molar-refractivity contribution in [1.29, 1.82) is 0 Å². The van der Waals surface area contributed by atoms with E-state index in [0.717, 1.165) is 23.5 Å². The van der Waals surface area contributed by atoms with E-state index in [0.29, 0.717) is 28.7 Å². The number of rotatable bonds is 7. The highest BCUT2D eigenvalue weighted by atomic mass is 19.4. The van der Waals surface area contributed by atoms with Crippen LogP contribution in [0.3, 0.4) is 0 Å². The number of anilines is 5. The van der Waals surface area contributed by atoms with Crippen LogP contribution in [0.15, 0.2) is 78.9 Å². The topological polar surface area (TPSA) is 78.9 Å². The Morgan fingerprint density at radius 3 is 1.78 bits per heavy atom. The van der Waals surface area contributed by atoms with Crippen LogP contribution in [0.25, 0.3) is 0 Å². The smallest absolute Gasteiger partial charge is 0.340 e. The van der Waals surface area contributed by atoms with Crippen molar-refractivity contribution in [1.82, 2.24) is 9.97 Å². The van der Waals surface area contributed by atoms with Crippen molar-refractivity contribution in [2.75, 3.05) is 16.0 Å². The summed E-state index contributed by atoms with van der Waals surface area (Å²) in [4.78, 5) is 21.2. The van der Waals surface area contributed by atoms with Gasteiger partial charge < -0.3 is 16.0 Å². The molecule has 4 rings (SSSR count). The molecular weight excluding hydrogens is 467 g/mol. The summed E-state index contributed by atoms with van der Waals surface area (Å²) >= 11 is 0. The normalized spacial score (nSPS) is 11.1. The molecule has 0 aliphatic heterocycles. The molecule has 0 spiro atoms. The van der Waals surface area contributed by atoms with E-state index in [9.17, 15) is 18.0 Å². The summed E-state index contributed by atoms with van der Waals surface area (Å²) in [5.74, 6) is 1.53. The van der Waals surface area contributed by atoms with Gasteiger partial charge in [0.2, 0.25) is 5.91 Å². The van der Waals surface area contributed by atoms with Gasteiger partial charge in [-0.05, 0) is 67.9 Å². The minimum Gasteiger partial charge on any atom is -0.340 e. The molecule has 0 radical (unpaired) electrons. The summed E-state index contributed by atoms with van der Waals surface area (Å²) in [5.41, 5.74) is 3.16. The van der Waals surface area contributed by atoms with Crippen molar-refractivity contribution in [3.8, 4) is 0 Å². The Morgan fingerprint density at radius 1 is 0.750 bits per heavy atom. The second kappa shape index (κ2) is 10.5. The van der Waals surface area contributed by atoms with Gasteiger partial charge in [0.05, 0.1) is 12.0 Å². The number of aryl methyl sites for hydroxylation is 2. The number of hydrogen-bond acceptors (Lipinski definition) is 5. The fourth-order valence-electron chi connectivity index (χ4n) is 3.47. The standard InChI is InChI=1S/C27H24F3N5O/c1-17-3-9-21(10-4-17)33-24-16-25(32-18(2)31-24)34-22-11-13-23(14-12-22)35-26(36)15-19-5-7-20(8-6-19)27(28,29)30/h3-14,16H,15H2,1-2H3,(H,35,36)(H2,31,32,33,34). The van der Waals surface area contributed by atoms with E-state index in [1.807, 2.05) is 31.2 Å². The van der Waals surface area contributed by atoms with E-state index in [1.165, 1.54) is 17.7 Å². The highest BCUT2D eigenvalue weighted by Crippen LogP contribution is 2.29. The van der Waals surface area contributed by atoms with Gasteiger partial charge in [-0.15, -0.1) is 0 Å². The molecule has 4 aromatic rings. The summed E-state index contributed by atoms with van der Waals surface area (Å²) in [5, 5.41) is 9.24. The van der Waals surface area contributed by atoms with Crippen LogP contribution in [0.5, 0.6) is 0 Å². The predicted molar refractivity (Wildman–Crippen MR) is 135 cm³/mol. The van der Waals surface area contributed by atoms with Gasteiger partial charge in [0.15, 0.2) is 0 Å². The van der Waals surface area contributed by atoms with Gasteiger partial charge in [-0.1, -0.05) is 29.8 Å². The molecule has 184 valence electrons. The first-order valence-corrected chi connectivity index (χ1v) is 11.2. The van der Waals surface area contributed by atoms with Crippen molar-refractivity contribution in [2.45, 2.75) is 26.4 Å². The largest absolute Gasteiger partial charge is 0.416 e. The zero-order valence-corrected chi connectivity index (χ0v) is 19.6. The molecule has 3 N–H and O–H groups in total. The lowest BCUT2D eigenvalue weighted by Crippen LogP contribution is -2.14. The van der Waals surface area contributed by atoms with E-state index in [-0.39, 0.29) is 12.3 Å². The van der Waals surface area contributed by atoms with Crippen LogP contribution in [-0.4, -0.2) is 15.9 Å². The number of nitrogens with zero attached hydrogens (tertiary/aromatic N) is 2. The lowest BCUT2D eigenvalue weighted by Gasteiger charge is -2.11. The first kappa shape index (κ1) is 24.7. The molecule has 0 saturated heterocycles. The lowest BCUT2D eigenvalue weighted by molar-refractivity contribution is -0.137. The number of amides is 1. The number of carbonyl (C=O) groups is 1. The van der Waals surface area contributed by atoms with Crippen molar-refractivity contribution in [2.24, 2.45) is 0 Å². The summed E-state index contributed by atoms with van der Waals surface area (Å²) in [6.45, 7) is 3.83. The van der Waals surface area contributed by atoms with E-state index < -0.39 is 11.7 Å². The minimum atomic E-state index is -4.40. The number of hydrogen-bond donors (Lipinski definition) is 3. The van der Waals surface area contributed by atoms with Crippen LogP contribution in [-0.2, 0) is 17.4 Å². The van der Waals surface area contributed by atoms with Gasteiger partial charge in [-0.2, -0.15) is 13.2 Å². The van der Waals surface area contributed by atoms with Crippen LogP contribution in [0, 0.1) is 13.8 Å². The average molecular weight is 492 g/mol. The van der Waals surface area contributed by atoms with Crippen molar-refractivity contribution >= 4 is 34.6 Å². The first-order chi connectivity index (χ1) is 17.1. The fourth-order valence-corrected chi connectivity index (χ4v) is 3.47. The Bertz CT molecular complexity index is 1340. The molecule has 1 amide bonds. The Kier molecular flexibility index (Phi) is 7.19. The van der Waals surface area contributed by atoms with Crippen molar-refractivity contribution in [3.63, 3.8) is 0 Å². The number of benzene rings is 3. The van der Waals surface area contributed by atoms with E-state index >= 15 is 0 Å². The molecule has 36 heavy (non-hydrogen) atoms. The molecule has 6 nitrogen and oxygen atoms in total. The number of halogens is 3. The maximum Gasteiger partial charge on any atom is 0.416 e. The van der Waals surface area contributed by atoms with Gasteiger partial charge in [-0.25, -0.2) is 9.97 Å². The van der Waals surface area contributed by atoms with Crippen molar-refractivity contribution < 1.29 is 18.0 Å². The van der Waals surface area contributed by atoms with Gasteiger partial charge >= 0.3 is 6.18 Å². The summed E-state index contributed by atoms with van der Waals surface area (Å²) in [6, 6.07) is 21.4. The van der Waals surface area contributed by atoms with Gasteiger partial charge in [0.1, 0.15) is 17.5 Å². The van der Waals surface area contributed by atoms with Gasteiger partial charge in [-0.3, -0.25) is 4.79 Å². The summed E-state index contributed by atoms with van der Waals surface area (Å²) < 4.78 is 38.1. The molecule has 9 heteroatoms. The van der Waals surface area contributed by atoms with E-state index in [1.54, 1.807) is 37.3 Å². The fraction of sp³-hybridized carbons (Fsp3) is 0.148. The molecular formula is C27H24F3N5O. The summed E-state index contributed by atoms with van der Waals surface area (Å²) in [6.07, 6.45) is -4.44. The zero-order valence-electron chi connectivity index (χ0n) is 19.6. The molecule has 1 aromatic heterocycles. The minimum absolute atomic E-state index is 0.0326. The van der Waals surface area contributed by atoms with Crippen LogP contribution in [0.1, 0.15) is 22.5 Å². The molecule has 0 saturated carbocycles. The maximum atomic E-state index is 12.7. The van der Waals surface area contributed by atoms with Gasteiger partial charge in [0.25, 0.3) is 0 Å². The van der Waals surface area contributed by atoms with E-state index in [4.69, 9.17) is 0 Å². The second-order valence-electron chi connectivity index (χ2n) is 8.30. The molecule has 0 bridgehead atoms. The average Bonchev–Trinajstić information content (AvgIpc) is 2.81. The monoisotopic (exact) mass is 491 g/mol. The zero-order chi connectivity index (χ0) is 25.7. The highest BCUT2D eigenvalue weighted by Gasteiger charge is 2.29. The number of alkyl halides is 3. The Morgan fingerprint density at radius 2 is 1.25 bits per heavy atom. The first-order valence-electron chi connectivity index (χ1n) is 11.2. The quantitative estimate of drug-likeness (QED) is 0.266. The van der Waals surface area contributed by atoms with Crippen LogP contribution in [0.2, 0.25) is 0 Å². The van der Waals surface area contributed by atoms with Crippen LogP contribution in [0.4, 0.5) is 41.9 Å². The molecule has 0 aliphatic rings. The number of aromatic nitrogens is 2. The third-order valence-corrected chi connectivity index (χ3v) is 5.25. The molecule has 0 fully saturated rings. The van der Waals surface area contributed by atoms with E-state index in [2.05, 4.69) is 25.9 Å².